The molecule has 2 aromatic heterocycles. The highest BCUT2D eigenvalue weighted by Crippen LogP contribution is 2.19. The van der Waals surface area contributed by atoms with Gasteiger partial charge in [0.05, 0.1) is 24.0 Å². The van der Waals surface area contributed by atoms with Crippen molar-refractivity contribution in [1.82, 2.24) is 19.6 Å². The normalized spacial score (nSPS) is 10.8. The Morgan fingerprint density at radius 2 is 2.08 bits per heavy atom. The van der Waals surface area contributed by atoms with Gasteiger partial charge in [0.2, 0.25) is 5.91 Å². The van der Waals surface area contributed by atoms with Crippen molar-refractivity contribution in [2.45, 2.75) is 20.3 Å². The summed E-state index contributed by atoms with van der Waals surface area (Å²) in [7, 11) is 1.87. The highest BCUT2D eigenvalue weighted by atomic mass is 35.5. The number of aryl methyl sites for hydroxylation is 2. The van der Waals surface area contributed by atoms with Crippen LogP contribution in [0.25, 0.3) is 5.69 Å². The Bertz CT molecular complexity index is 896. The molecule has 0 atom stereocenters. The van der Waals surface area contributed by atoms with Crippen LogP contribution in [0, 0.1) is 13.8 Å². The predicted octanol–water partition coefficient (Wildman–Crippen LogP) is 3.06. The average Bonchev–Trinajstić information content (AvgIpc) is 3.08. The highest BCUT2D eigenvalue weighted by Gasteiger charge is 2.15. The maximum atomic E-state index is 12.4. The van der Waals surface area contributed by atoms with Crippen molar-refractivity contribution in [3.05, 3.63) is 58.5 Å². The van der Waals surface area contributed by atoms with E-state index < -0.39 is 0 Å². The first-order chi connectivity index (χ1) is 11.5. The Hall–Kier alpha value is -2.60. The van der Waals surface area contributed by atoms with Crippen LogP contribution < -0.4 is 5.32 Å². The van der Waals surface area contributed by atoms with Crippen LogP contribution in [-0.2, 0) is 18.3 Å². The molecular weight excluding hydrogens is 326 g/mol. The number of anilines is 1. The maximum Gasteiger partial charge on any atom is 0.230 e. The summed E-state index contributed by atoms with van der Waals surface area (Å²) in [6.07, 6.45) is 1.91. The second-order valence-electron chi connectivity index (χ2n) is 5.61. The number of hydrogen-bond donors (Lipinski definition) is 1. The van der Waals surface area contributed by atoms with E-state index in [2.05, 4.69) is 15.5 Å². The van der Waals surface area contributed by atoms with Gasteiger partial charge in [-0.25, -0.2) is 4.68 Å². The van der Waals surface area contributed by atoms with Crippen molar-refractivity contribution < 1.29 is 4.79 Å². The van der Waals surface area contributed by atoms with E-state index in [0.29, 0.717) is 10.8 Å². The molecule has 0 aliphatic carbocycles. The molecule has 1 amide bonds. The molecule has 124 valence electrons. The van der Waals surface area contributed by atoms with Gasteiger partial charge >= 0.3 is 0 Å². The molecule has 1 aromatic carbocycles. The Labute approximate surface area is 145 Å². The van der Waals surface area contributed by atoms with Gasteiger partial charge in [-0.05, 0) is 32.0 Å². The quantitative estimate of drug-likeness (QED) is 0.791. The predicted molar refractivity (Wildman–Crippen MR) is 93.6 cm³/mol. The van der Waals surface area contributed by atoms with Crippen LogP contribution >= 0.6 is 11.6 Å². The number of carbonyl (C=O) groups is 1. The Balaban J connectivity index is 1.80. The van der Waals surface area contributed by atoms with E-state index in [9.17, 15) is 4.79 Å². The molecular formula is C17H18ClN5O. The van der Waals surface area contributed by atoms with E-state index in [1.807, 2.05) is 33.0 Å². The molecule has 24 heavy (non-hydrogen) atoms. The Morgan fingerprint density at radius 3 is 2.75 bits per heavy atom. The van der Waals surface area contributed by atoms with Crippen molar-refractivity contribution >= 4 is 23.3 Å². The number of halogens is 1. The van der Waals surface area contributed by atoms with Crippen molar-refractivity contribution in [3.8, 4) is 5.69 Å². The van der Waals surface area contributed by atoms with Crippen LogP contribution in [0.1, 0.15) is 17.0 Å². The summed E-state index contributed by atoms with van der Waals surface area (Å²) in [4.78, 5) is 12.4. The average molecular weight is 344 g/mol. The number of aromatic nitrogens is 4. The molecule has 0 bridgehead atoms. The number of nitrogens with one attached hydrogen (secondary N) is 1. The minimum absolute atomic E-state index is 0.113. The minimum atomic E-state index is -0.113. The van der Waals surface area contributed by atoms with Crippen LogP contribution in [0.5, 0.6) is 0 Å². The van der Waals surface area contributed by atoms with Gasteiger partial charge in [0.25, 0.3) is 0 Å². The SMILES string of the molecule is Cc1nn(C)c(C)c1CC(=O)Nc1ccnn1-c1cccc(Cl)c1. The van der Waals surface area contributed by atoms with E-state index in [-0.39, 0.29) is 12.3 Å². The zero-order valence-electron chi connectivity index (χ0n) is 13.7. The van der Waals surface area contributed by atoms with E-state index in [0.717, 1.165) is 22.6 Å². The standard InChI is InChI=1S/C17H18ClN5O/c1-11-15(12(2)22(3)21-11)10-17(24)20-16-7-8-19-23(16)14-6-4-5-13(18)9-14/h4-9H,10H2,1-3H3,(H,20,24). The van der Waals surface area contributed by atoms with Crippen molar-refractivity contribution in [3.63, 3.8) is 0 Å². The third kappa shape index (κ3) is 3.19. The molecule has 0 saturated heterocycles. The number of nitrogens with zero attached hydrogens (tertiary/aromatic N) is 4. The van der Waals surface area contributed by atoms with Gasteiger partial charge < -0.3 is 5.32 Å². The highest BCUT2D eigenvalue weighted by molar-refractivity contribution is 6.30. The fraction of sp³-hybridized carbons (Fsp3) is 0.235. The number of carbonyl (C=O) groups excluding carboxylic acids is 1. The fourth-order valence-corrected chi connectivity index (χ4v) is 2.82. The van der Waals surface area contributed by atoms with Crippen LogP contribution in [-0.4, -0.2) is 25.5 Å². The molecule has 0 spiro atoms. The second kappa shape index (κ2) is 6.49. The maximum absolute atomic E-state index is 12.4. The summed E-state index contributed by atoms with van der Waals surface area (Å²) >= 11 is 6.03. The molecule has 3 aromatic rings. The van der Waals surface area contributed by atoms with E-state index in [4.69, 9.17) is 11.6 Å². The van der Waals surface area contributed by atoms with Gasteiger partial charge in [0.1, 0.15) is 5.82 Å². The lowest BCUT2D eigenvalue weighted by molar-refractivity contribution is -0.115. The lowest BCUT2D eigenvalue weighted by Crippen LogP contribution is -2.18. The van der Waals surface area contributed by atoms with Gasteiger partial charge in [0.15, 0.2) is 0 Å². The summed E-state index contributed by atoms with van der Waals surface area (Å²) in [5.74, 6) is 0.486. The van der Waals surface area contributed by atoms with Crippen LogP contribution in [0.15, 0.2) is 36.5 Å². The topological polar surface area (TPSA) is 64.7 Å². The van der Waals surface area contributed by atoms with Gasteiger partial charge in [-0.3, -0.25) is 9.48 Å². The Morgan fingerprint density at radius 1 is 1.29 bits per heavy atom. The van der Waals surface area contributed by atoms with Crippen LogP contribution in [0.2, 0.25) is 5.02 Å². The fourth-order valence-electron chi connectivity index (χ4n) is 2.63. The Kier molecular flexibility index (Phi) is 4.40. The lowest BCUT2D eigenvalue weighted by Gasteiger charge is -2.09. The first kappa shape index (κ1) is 16.3. The number of rotatable bonds is 4. The number of benzene rings is 1. The van der Waals surface area contributed by atoms with Gasteiger partial charge in [-0.15, -0.1) is 0 Å². The van der Waals surface area contributed by atoms with Crippen LogP contribution in [0.4, 0.5) is 5.82 Å². The third-order valence-electron chi connectivity index (χ3n) is 3.96. The molecule has 0 radical (unpaired) electrons. The van der Waals surface area contributed by atoms with E-state index in [1.165, 1.54) is 0 Å². The number of hydrogen-bond acceptors (Lipinski definition) is 3. The zero-order chi connectivity index (χ0) is 17.3. The molecule has 6 nitrogen and oxygen atoms in total. The van der Waals surface area contributed by atoms with Gasteiger partial charge in [-0.1, -0.05) is 17.7 Å². The van der Waals surface area contributed by atoms with Crippen molar-refractivity contribution in [1.29, 1.82) is 0 Å². The minimum Gasteiger partial charge on any atom is -0.310 e. The molecule has 0 unspecified atom stereocenters. The third-order valence-corrected chi connectivity index (χ3v) is 4.19. The summed E-state index contributed by atoms with van der Waals surface area (Å²) in [5, 5.41) is 12.1. The summed E-state index contributed by atoms with van der Waals surface area (Å²) in [6.45, 7) is 3.87. The monoisotopic (exact) mass is 343 g/mol. The zero-order valence-corrected chi connectivity index (χ0v) is 14.5. The second-order valence-corrected chi connectivity index (χ2v) is 6.04. The van der Waals surface area contributed by atoms with Crippen LogP contribution in [0.3, 0.4) is 0 Å². The lowest BCUT2D eigenvalue weighted by atomic mass is 10.1. The van der Waals surface area contributed by atoms with E-state index >= 15 is 0 Å². The van der Waals surface area contributed by atoms with E-state index in [1.54, 1.807) is 33.8 Å². The van der Waals surface area contributed by atoms with Crippen molar-refractivity contribution in [2.24, 2.45) is 7.05 Å². The molecule has 0 aliphatic rings. The molecule has 3 rings (SSSR count). The molecule has 2 heterocycles. The smallest absolute Gasteiger partial charge is 0.230 e. The summed E-state index contributed by atoms with van der Waals surface area (Å²) < 4.78 is 3.43. The van der Waals surface area contributed by atoms with Gasteiger partial charge in [-0.2, -0.15) is 10.2 Å². The summed E-state index contributed by atoms with van der Waals surface area (Å²) in [5.41, 5.74) is 3.60. The molecule has 7 heteroatoms. The molecule has 1 N–H and O–H groups in total. The van der Waals surface area contributed by atoms with Gasteiger partial charge in [0, 0.05) is 29.4 Å². The first-order valence-corrected chi connectivity index (χ1v) is 7.92. The molecule has 0 aliphatic heterocycles. The number of amides is 1. The molecule has 0 saturated carbocycles. The van der Waals surface area contributed by atoms with Crippen molar-refractivity contribution in [2.75, 3.05) is 5.32 Å². The largest absolute Gasteiger partial charge is 0.310 e. The molecule has 0 fully saturated rings. The summed E-state index contributed by atoms with van der Waals surface area (Å²) in [6, 6.07) is 9.05. The first-order valence-electron chi connectivity index (χ1n) is 7.54.